The van der Waals surface area contributed by atoms with Crippen molar-refractivity contribution in [3.8, 4) is 22.6 Å². The molecule has 0 unspecified atom stereocenters. The van der Waals surface area contributed by atoms with Crippen molar-refractivity contribution in [3.63, 3.8) is 0 Å². The van der Waals surface area contributed by atoms with Gasteiger partial charge in [-0.3, -0.25) is 0 Å². The van der Waals surface area contributed by atoms with Crippen LogP contribution >= 0.6 is 0 Å². The molecule has 0 saturated carbocycles. The summed E-state index contributed by atoms with van der Waals surface area (Å²) in [6.07, 6.45) is 0. The maximum atomic E-state index is 5.86. The van der Waals surface area contributed by atoms with Crippen LogP contribution in [0.3, 0.4) is 0 Å². The van der Waals surface area contributed by atoms with Crippen LogP contribution in [-0.4, -0.2) is 0 Å². The van der Waals surface area contributed by atoms with Crippen LogP contribution in [0.5, 0.6) is 11.5 Å². The molecule has 0 fully saturated rings. The molecule has 0 bridgehead atoms. The number of hydrogen-bond donors (Lipinski definition) is 0. The lowest BCUT2D eigenvalue weighted by atomic mass is 10.0. The van der Waals surface area contributed by atoms with Crippen molar-refractivity contribution in [2.45, 2.75) is 6.92 Å². The zero-order chi connectivity index (χ0) is 13.8. The highest BCUT2D eigenvalue weighted by molar-refractivity contribution is 5.65. The Hall–Kier alpha value is -2.54. The first-order valence-electron chi connectivity index (χ1n) is 6.71. The highest BCUT2D eigenvalue weighted by atomic mass is 16.5. The van der Waals surface area contributed by atoms with Crippen LogP contribution in [0, 0.1) is 6.92 Å². The molecule has 20 heavy (non-hydrogen) atoms. The minimum atomic E-state index is 0.855. The molecule has 0 aromatic heterocycles. The fraction of sp³-hybridized carbons (Fsp3) is 0.0526. The van der Waals surface area contributed by atoms with Crippen molar-refractivity contribution in [3.05, 3.63) is 84.4 Å². The highest BCUT2D eigenvalue weighted by Gasteiger charge is 2.01. The summed E-state index contributed by atoms with van der Waals surface area (Å²) in [6, 6.07) is 26.5. The minimum absolute atomic E-state index is 0.855. The van der Waals surface area contributed by atoms with Crippen molar-refractivity contribution in [2.75, 3.05) is 0 Å². The van der Waals surface area contributed by atoms with Gasteiger partial charge in [-0.1, -0.05) is 60.2 Å². The van der Waals surface area contributed by atoms with E-state index in [1.54, 1.807) is 0 Å². The van der Waals surface area contributed by atoms with E-state index in [9.17, 15) is 0 Å². The predicted molar refractivity (Wildman–Crippen MR) is 83.1 cm³/mol. The molecule has 0 atom stereocenters. The van der Waals surface area contributed by atoms with Gasteiger partial charge in [-0.15, -0.1) is 0 Å². The van der Waals surface area contributed by atoms with E-state index in [2.05, 4.69) is 43.3 Å². The Labute approximate surface area is 119 Å². The van der Waals surface area contributed by atoms with Crippen molar-refractivity contribution in [2.24, 2.45) is 0 Å². The maximum absolute atomic E-state index is 5.86. The van der Waals surface area contributed by atoms with E-state index in [0.29, 0.717) is 0 Å². The third-order valence-corrected chi connectivity index (χ3v) is 3.20. The maximum Gasteiger partial charge on any atom is 0.128 e. The van der Waals surface area contributed by atoms with Crippen molar-refractivity contribution in [1.29, 1.82) is 0 Å². The van der Waals surface area contributed by atoms with Gasteiger partial charge in [0.1, 0.15) is 11.5 Å². The zero-order valence-electron chi connectivity index (χ0n) is 11.4. The lowest BCUT2D eigenvalue weighted by molar-refractivity contribution is 0.483. The van der Waals surface area contributed by atoms with Crippen LogP contribution in [0.1, 0.15) is 5.56 Å². The zero-order valence-corrected chi connectivity index (χ0v) is 11.4. The van der Waals surface area contributed by atoms with Gasteiger partial charge in [-0.05, 0) is 42.3 Å². The second kappa shape index (κ2) is 5.62. The van der Waals surface area contributed by atoms with E-state index in [4.69, 9.17) is 4.74 Å². The number of para-hydroxylation sites is 1. The smallest absolute Gasteiger partial charge is 0.128 e. The van der Waals surface area contributed by atoms with E-state index in [0.717, 1.165) is 11.5 Å². The fourth-order valence-electron chi connectivity index (χ4n) is 2.11. The number of benzene rings is 3. The molecule has 0 radical (unpaired) electrons. The number of hydrogen-bond acceptors (Lipinski definition) is 1. The van der Waals surface area contributed by atoms with Gasteiger partial charge in [0, 0.05) is 0 Å². The van der Waals surface area contributed by atoms with Gasteiger partial charge in [0.05, 0.1) is 0 Å². The summed E-state index contributed by atoms with van der Waals surface area (Å²) in [7, 11) is 0. The highest BCUT2D eigenvalue weighted by Crippen LogP contribution is 2.27. The molecule has 0 aliphatic carbocycles. The number of aryl methyl sites for hydroxylation is 1. The first kappa shape index (κ1) is 12.5. The van der Waals surface area contributed by atoms with Gasteiger partial charge in [-0.2, -0.15) is 0 Å². The first-order valence-corrected chi connectivity index (χ1v) is 6.71. The van der Waals surface area contributed by atoms with E-state index in [1.165, 1.54) is 16.7 Å². The van der Waals surface area contributed by atoms with Crippen LogP contribution in [0.25, 0.3) is 11.1 Å². The molecule has 3 rings (SSSR count). The number of rotatable bonds is 3. The molecule has 0 spiro atoms. The third-order valence-electron chi connectivity index (χ3n) is 3.20. The molecule has 98 valence electrons. The summed E-state index contributed by atoms with van der Waals surface area (Å²) >= 11 is 0. The van der Waals surface area contributed by atoms with E-state index in [1.807, 2.05) is 42.5 Å². The summed E-state index contributed by atoms with van der Waals surface area (Å²) in [5.41, 5.74) is 3.64. The summed E-state index contributed by atoms with van der Waals surface area (Å²) in [6.45, 7) is 2.10. The Morgan fingerprint density at radius 3 is 2.05 bits per heavy atom. The van der Waals surface area contributed by atoms with Crippen molar-refractivity contribution < 1.29 is 4.74 Å². The summed E-state index contributed by atoms with van der Waals surface area (Å²) in [5, 5.41) is 0. The topological polar surface area (TPSA) is 9.23 Å². The molecule has 3 aromatic rings. The van der Waals surface area contributed by atoms with Gasteiger partial charge >= 0.3 is 0 Å². The van der Waals surface area contributed by atoms with E-state index < -0.39 is 0 Å². The normalized spacial score (nSPS) is 10.2. The molecule has 1 nitrogen and oxygen atoms in total. The molecule has 0 heterocycles. The molecule has 0 saturated heterocycles. The molecular weight excluding hydrogens is 244 g/mol. The van der Waals surface area contributed by atoms with Crippen LogP contribution in [0.2, 0.25) is 0 Å². The van der Waals surface area contributed by atoms with Gasteiger partial charge in [0.25, 0.3) is 0 Å². The Kier molecular flexibility index (Phi) is 3.51. The van der Waals surface area contributed by atoms with Crippen molar-refractivity contribution >= 4 is 0 Å². The third kappa shape index (κ3) is 2.89. The molecule has 0 amide bonds. The van der Waals surface area contributed by atoms with Gasteiger partial charge in [0.15, 0.2) is 0 Å². The lowest BCUT2D eigenvalue weighted by Crippen LogP contribution is -1.85. The van der Waals surface area contributed by atoms with Crippen molar-refractivity contribution in [1.82, 2.24) is 0 Å². The van der Waals surface area contributed by atoms with Gasteiger partial charge in [0.2, 0.25) is 0 Å². The van der Waals surface area contributed by atoms with Gasteiger partial charge < -0.3 is 4.74 Å². The average molecular weight is 260 g/mol. The minimum Gasteiger partial charge on any atom is -0.457 e. The Bertz CT molecular complexity index is 684. The molecule has 0 aliphatic rings. The Balaban J connectivity index is 1.88. The summed E-state index contributed by atoms with van der Waals surface area (Å²) < 4.78 is 5.86. The SMILES string of the molecule is Cc1ccc(-c2cccc(Oc3ccccc3)c2)cc1. The van der Waals surface area contributed by atoms with Crippen LogP contribution in [-0.2, 0) is 0 Å². The van der Waals surface area contributed by atoms with Gasteiger partial charge in [-0.25, -0.2) is 0 Å². The standard InChI is InChI=1S/C19H16O/c1-15-10-12-16(13-11-15)17-6-5-9-19(14-17)20-18-7-3-2-4-8-18/h2-14H,1H3. The molecule has 0 N–H and O–H groups in total. The Morgan fingerprint density at radius 2 is 1.30 bits per heavy atom. The van der Waals surface area contributed by atoms with E-state index in [-0.39, 0.29) is 0 Å². The monoisotopic (exact) mass is 260 g/mol. The number of ether oxygens (including phenoxy) is 1. The molecule has 3 aromatic carbocycles. The molecular formula is C19H16O. The van der Waals surface area contributed by atoms with Crippen LogP contribution in [0.15, 0.2) is 78.9 Å². The quantitative estimate of drug-likeness (QED) is 0.608. The average Bonchev–Trinajstić information content (AvgIpc) is 2.49. The molecule has 1 heteroatoms. The largest absolute Gasteiger partial charge is 0.457 e. The second-order valence-corrected chi connectivity index (χ2v) is 4.81. The van der Waals surface area contributed by atoms with Crippen LogP contribution < -0.4 is 4.74 Å². The summed E-state index contributed by atoms with van der Waals surface area (Å²) in [4.78, 5) is 0. The lowest BCUT2D eigenvalue weighted by Gasteiger charge is -2.08. The predicted octanol–water partition coefficient (Wildman–Crippen LogP) is 5.45. The Morgan fingerprint density at radius 1 is 0.600 bits per heavy atom. The fourth-order valence-corrected chi connectivity index (χ4v) is 2.11. The van der Waals surface area contributed by atoms with Crippen LogP contribution in [0.4, 0.5) is 0 Å². The first-order chi connectivity index (χ1) is 9.81. The second-order valence-electron chi connectivity index (χ2n) is 4.81. The molecule has 0 aliphatic heterocycles. The summed E-state index contributed by atoms with van der Waals surface area (Å²) in [5.74, 6) is 1.71. The van der Waals surface area contributed by atoms with E-state index >= 15 is 0 Å².